The van der Waals surface area contributed by atoms with Gasteiger partial charge < -0.3 is 4.74 Å². The first-order chi connectivity index (χ1) is 12.2. The number of aromatic nitrogens is 2. The number of rotatable bonds is 6. The van der Waals surface area contributed by atoms with Gasteiger partial charge in [-0.2, -0.15) is 0 Å². The fourth-order valence-corrected chi connectivity index (χ4v) is 2.77. The maximum Gasteiger partial charge on any atom is 0.328 e. The van der Waals surface area contributed by atoms with Crippen LogP contribution in [0.15, 0.2) is 71.7 Å². The second-order valence-corrected chi connectivity index (χ2v) is 5.84. The van der Waals surface area contributed by atoms with E-state index in [1.165, 1.54) is 7.11 Å². The normalized spacial score (nSPS) is 10.6. The van der Waals surface area contributed by atoms with Crippen molar-refractivity contribution in [3.05, 3.63) is 94.2 Å². The maximum atomic E-state index is 12.8. The minimum atomic E-state index is -0.362. The Kier molecular flexibility index (Phi) is 5.14. The van der Waals surface area contributed by atoms with Crippen molar-refractivity contribution in [1.82, 2.24) is 9.13 Å². The molecule has 0 bridgehead atoms. The first kappa shape index (κ1) is 16.8. The van der Waals surface area contributed by atoms with Crippen molar-refractivity contribution in [2.75, 3.05) is 7.11 Å². The molecule has 2 aromatic carbocycles. The zero-order valence-corrected chi connectivity index (χ0v) is 14.1. The van der Waals surface area contributed by atoms with Crippen molar-refractivity contribution >= 4 is 5.97 Å². The van der Waals surface area contributed by atoms with Gasteiger partial charge in [0.25, 0.3) is 0 Å². The minimum absolute atomic E-state index is 0.0698. The average Bonchev–Trinajstić information content (AvgIpc) is 2.92. The van der Waals surface area contributed by atoms with Gasteiger partial charge in [-0.15, -0.1) is 0 Å². The van der Waals surface area contributed by atoms with Crippen LogP contribution >= 0.6 is 0 Å². The van der Waals surface area contributed by atoms with E-state index in [0.29, 0.717) is 18.8 Å². The van der Waals surface area contributed by atoms with Gasteiger partial charge in [0.15, 0.2) is 0 Å². The Morgan fingerprint density at radius 3 is 2.04 bits per heavy atom. The van der Waals surface area contributed by atoms with E-state index < -0.39 is 0 Å². The smallest absolute Gasteiger partial charge is 0.328 e. The number of hydrogen-bond acceptors (Lipinski definition) is 3. The summed E-state index contributed by atoms with van der Waals surface area (Å²) in [6.45, 7) is 0.892. The molecule has 0 aliphatic heterocycles. The molecular weight excluding hydrogens is 316 g/mol. The minimum Gasteiger partial charge on any atom is -0.469 e. The van der Waals surface area contributed by atoms with Crippen LogP contribution in [0.2, 0.25) is 0 Å². The third kappa shape index (κ3) is 4.07. The highest BCUT2D eigenvalue weighted by atomic mass is 16.5. The van der Waals surface area contributed by atoms with Gasteiger partial charge >= 0.3 is 11.7 Å². The lowest BCUT2D eigenvalue weighted by molar-refractivity contribution is -0.139. The number of carbonyl (C=O) groups is 1. The number of esters is 1. The predicted molar refractivity (Wildman–Crippen MR) is 95.5 cm³/mol. The topological polar surface area (TPSA) is 53.2 Å². The van der Waals surface area contributed by atoms with E-state index in [0.717, 1.165) is 11.1 Å². The molecule has 0 atom stereocenters. The Morgan fingerprint density at radius 1 is 0.920 bits per heavy atom. The van der Waals surface area contributed by atoms with Gasteiger partial charge in [-0.1, -0.05) is 60.7 Å². The molecule has 5 heteroatoms. The van der Waals surface area contributed by atoms with Crippen molar-refractivity contribution < 1.29 is 9.53 Å². The van der Waals surface area contributed by atoms with Gasteiger partial charge in [-0.3, -0.25) is 13.9 Å². The van der Waals surface area contributed by atoms with E-state index in [1.807, 2.05) is 60.7 Å². The van der Waals surface area contributed by atoms with Crippen LogP contribution in [0.3, 0.4) is 0 Å². The Hall–Kier alpha value is -3.08. The second-order valence-electron chi connectivity index (χ2n) is 5.84. The molecular formula is C20H20N2O3. The van der Waals surface area contributed by atoms with Gasteiger partial charge in [0, 0.05) is 6.20 Å². The summed E-state index contributed by atoms with van der Waals surface area (Å²) in [4.78, 5) is 24.6. The average molecular weight is 336 g/mol. The van der Waals surface area contributed by atoms with Crippen molar-refractivity contribution in [3.63, 3.8) is 0 Å². The highest BCUT2D eigenvalue weighted by Gasteiger charge is 2.15. The summed E-state index contributed by atoms with van der Waals surface area (Å²) in [7, 11) is 1.35. The number of imidazole rings is 1. The Balaban J connectivity index is 1.95. The van der Waals surface area contributed by atoms with Crippen molar-refractivity contribution in [2.45, 2.75) is 19.5 Å². The number of nitrogens with zero attached hydrogens (tertiary/aromatic N) is 2. The van der Waals surface area contributed by atoms with Crippen LogP contribution in [0.4, 0.5) is 0 Å². The van der Waals surface area contributed by atoms with Crippen LogP contribution in [-0.4, -0.2) is 22.2 Å². The summed E-state index contributed by atoms with van der Waals surface area (Å²) < 4.78 is 8.03. The predicted octanol–water partition coefficient (Wildman–Crippen LogP) is 2.46. The van der Waals surface area contributed by atoms with E-state index >= 15 is 0 Å². The molecule has 5 nitrogen and oxygen atoms in total. The summed E-state index contributed by atoms with van der Waals surface area (Å²) in [6, 6.07) is 19.5. The quantitative estimate of drug-likeness (QED) is 0.650. The fourth-order valence-electron chi connectivity index (χ4n) is 2.77. The van der Waals surface area contributed by atoms with E-state index in [2.05, 4.69) is 0 Å². The third-order valence-corrected chi connectivity index (χ3v) is 4.06. The van der Waals surface area contributed by atoms with E-state index in [9.17, 15) is 9.59 Å². The molecule has 25 heavy (non-hydrogen) atoms. The molecule has 0 saturated heterocycles. The molecule has 3 aromatic rings. The van der Waals surface area contributed by atoms with Gasteiger partial charge in [0.05, 0.1) is 32.3 Å². The Bertz CT molecular complexity index is 896. The third-order valence-electron chi connectivity index (χ3n) is 4.06. The molecule has 0 saturated carbocycles. The summed E-state index contributed by atoms with van der Waals surface area (Å²) in [6.07, 6.45) is 1.82. The first-order valence-electron chi connectivity index (χ1n) is 8.11. The summed E-state index contributed by atoms with van der Waals surface area (Å²) in [5, 5.41) is 0. The lowest BCUT2D eigenvalue weighted by Crippen LogP contribution is -2.26. The van der Waals surface area contributed by atoms with E-state index in [-0.39, 0.29) is 18.1 Å². The molecule has 0 unspecified atom stereocenters. The molecule has 0 N–H and O–H groups in total. The number of hydrogen-bond donors (Lipinski definition) is 0. The van der Waals surface area contributed by atoms with Crippen LogP contribution in [0.25, 0.3) is 0 Å². The van der Waals surface area contributed by atoms with Crippen molar-refractivity contribution in [1.29, 1.82) is 0 Å². The molecule has 0 aliphatic carbocycles. The Labute approximate surface area is 146 Å². The summed E-state index contributed by atoms with van der Waals surface area (Å²) in [5.41, 5.74) is 2.56. The van der Waals surface area contributed by atoms with Crippen molar-refractivity contribution in [2.24, 2.45) is 0 Å². The number of methoxy groups -OCH3 is 1. The van der Waals surface area contributed by atoms with E-state index in [1.54, 1.807) is 15.3 Å². The zero-order chi connectivity index (χ0) is 17.6. The van der Waals surface area contributed by atoms with Gasteiger partial charge in [0.1, 0.15) is 0 Å². The highest BCUT2D eigenvalue weighted by molar-refractivity contribution is 5.71. The number of benzene rings is 2. The molecule has 0 amide bonds. The Morgan fingerprint density at radius 2 is 1.48 bits per heavy atom. The lowest BCUT2D eigenvalue weighted by atomic mass is 10.2. The van der Waals surface area contributed by atoms with Crippen LogP contribution < -0.4 is 5.69 Å². The van der Waals surface area contributed by atoms with Crippen LogP contribution in [-0.2, 0) is 29.0 Å². The van der Waals surface area contributed by atoms with Gasteiger partial charge in [-0.25, -0.2) is 4.79 Å². The monoisotopic (exact) mass is 336 g/mol. The number of carbonyl (C=O) groups excluding carboxylic acids is 1. The van der Waals surface area contributed by atoms with Crippen LogP contribution in [0, 0.1) is 0 Å². The lowest BCUT2D eigenvalue weighted by Gasteiger charge is -2.06. The maximum absolute atomic E-state index is 12.8. The second kappa shape index (κ2) is 7.66. The molecule has 1 aromatic heterocycles. The summed E-state index contributed by atoms with van der Waals surface area (Å²) in [5.74, 6) is -0.362. The standard InChI is InChI=1S/C20H20N2O3/c1-25-19(23)12-18-15-21(13-16-8-4-2-5-9-16)20(24)22(18)14-17-10-6-3-7-11-17/h2-11,15H,12-14H2,1H3. The molecule has 1 heterocycles. The largest absolute Gasteiger partial charge is 0.469 e. The first-order valence-corrected chi connectivity index (χ1v) is 8.11. The van der Waals surface area contributed by atoms with Gasteiger partial charge in [-0.05, 0) is 11.1 Å². The number of ether oxygens (including phenoxy) is 1. The fraction of sp³-hybridized carbons (Fsp3) is 0.200. The highest BCUT2D eigenvalue weighted by Crippen LogP contribution is 2.08. The summed E-state index contributed by atoms with van der Waals surface area (Å²) >= 11 is 0. The SMILES string of the molecule is COC(=O)Cc1cn(Cc2ccccc2)c(=O)n1Cc1ccccc1. The van der Waals surface area contributed by atoms with Crippen LogP contribution in [0.1, 0.15) is 16.8 Å². The molecule has 0 radical (unpaired) electrons. The molecule has 3 rings (SSSR count). The zero-order valence-electron chi connectivity index (χ0n) is 14.1. The van der Waals surface area contributed by atoms with Gasteiger partial charge in [0.2, 0.25) is 0 Å². The van der Waals surface area contributed by atoms with Crippen molar-refractivity contribution in [3.8, 4) is 0 Å². The molecule has 0 spiro atoms. The molecule has 128 valence electrons. The van der Waals surface area contributed by atoms with Crippen LogP contribution in [0.5, 0.6) is 0 Å². The molecule has 0 fully saturated rings. The van der Waals surface area contributed by atoms with E-state index in [4.69, 9.17) is 4.74 Å². The molecule has 0 aliphatic rings.